The highest BCUT2D eigenvalue weighted by molar-refractivity contribution is 5.85. The molecule has 1 saturated heterocycles. The lowest BCUT2D eigenvalue weighted by molar-refractivity contribution is -0.0239. The van der Waals surface area contributed by atoms with Crippen LogP contribution in [0, 0.1) is 11.8 Å². The van der Waals surface area contributed by atoms with Crippen LogP contribution in [-0.4, -0.2) is 31.1 Å². The molecule has 3 fully saturated rings. The first kappa shape index (κ1) is 25.7. The quantitative estimate of drug-likeness (QED) is 0.459. The number of anilines is 1. The van der Waals surface area contributed by atoms with Gasteiger partial charge in [0.15, 0.2) is 0 Å². The van der Waals surface area contributed by atoms with Gasteiger partial charge in [0.2, 0.25) is 0 Å². The first-order valence-corrected chi connectivity index (χ1v) is 13.0. The molecule has 2 saturated carbocycles. The Balaban J connectivity index is 0.00000137. The van der Waals surface area contributed by atoms with E-state index in [-0.39, 0.29) is 24.8 Å². The number of halogens is 2. The highest BCUT2D eigenvalue weighted by atomic mass is 35.5. The number of nitrogens with zero attached hydrogens (tertiary/aromatic N) is 1. The first-order chi connectivity index (χ1) is 15.8. The van der Waals surface area contributed by atoms with Crippen molar-refractivity contribution in [1.82, 2.24) is 4.90 Å². The molecule has 2 aromatic rings. The Labute approximate surface area is 217 Å². The van der Waals surface area contributed by atoms with Crippen molar-refractivity contribution in [2.75, 3.05) is 25.5 Å². The zero-order chi connectivity index (χ0) is 21.5. The number of para-hydroxylation sites is 1. The summed E-state index contributed by atoms with van der Waals surface area (Å²) >= 11 is 0. The van der Waals surface area contributed by atoms with E-state index >= 15 is 0 Å². The Bertz CT molecular complexity index is 978. The molecule has 2 bridgehead atoms. The molecule has 3 nitrogen and oxygen atoms in total. The summed E-state index contributed by atoms with van der Waals surface area (Å²) in [5, 5.41) is 3.71. The second-order valence-corrected chi connectivity index (χ2v) is 10.9. The smallest absolute Gasteiger partial charge is 0.123 e. The second-order valence-electron chi connectivity index (χ2n) is 10.9. The number of benzene rings is 2. The lowest BCUT2D eigenvalue weighted by Crippen LogP contribution is -2.61. The lowest BCUT2D eigenvalue weighted by atomic mass is 9.52. The Kier molecular flexibility index (Phi) is 8.06. The van der Waals surface area contributed by atoms with E-state index in [0.29, 0.717) is 5.41 Å². The van der Waals surface area contributed by atoms with Crippen molar-refractivity contribution >= 4 is 30.5 Å². The molecule has 6 rings (SSSR count). The van der Waals surface area contributed by atoms with E-state index in [2.05, 4.69) is 40.5 Å². The molecule has 0 aromatic heterocycles. The minimum absolute atomic E-state index is 0. The van der Waals surface area contributed by atoms with Gasteiger partial charge in [-0.25, -0.2) is 0 Å². The van der Waals surface area contributed by atoms with Crippen LogP contribution in [0.1, 0.15) is 68.1 Å². The van der Waals surface area contributed by atoms with E-state index in [0.717, 1.165) is 30.2 Å². The molecule has 5 heteroatoms. The summed E-state index contributed by atoms with van der Waals surface area (Å²) in [5.41, 5.74) is 6.23. The van der Waals surface area contributed by atoms with Crippen molar-refractivity contribution < 1.29 is 4.74 Å². The Hall–Kier alpha value is -1.42. The Morgan fingerprint density at radius 2 is 1.85 bits per heavy atom. The molecule has 186 valence electrons. The molecule has 0 radical (unpaired) electrons. The van der Waals surface area contributed by atoms with Gasteiger partial charge in [-0.15, -0.1) is 24.8 Å². The fourth-order valence-corrected chi connectivity index (χ4v) is 7.47. The largest absolute Gasteiger partial charge is 0.496 e. The van der Waals surface area contributed by atoms with Crippen LogP contribution in [0.2, 0.25) is 0 Å². The number of fused-ring (bicyclic) bond motifs is 1. The van der Waals surface area contributed by atoms with Gasteiger partial charge in [-0.05, 0) is 86.2 Å². The Morgan fingerprint density at radius 3 is 2.65 bits per heavy atom. The number of piperidine rings is 1. The van der Waals surface area contributed by atoms with E-state index in [1.54, 1.807) is 18.2 Å². The molecule has 3 aliphatic carbocycles. The third-order valence-electron chi connectivity index (χ3n) is 9.34. The van der Waals surface area contributed by atoms with Crippen molar-refractivity contribution in [2.45, 2.75) is 75.8 Å². The van der Waals surface area contributed by atoms with Crippen LogP contribution >= 0.6 is 24.8 Å². The molecule has 34 heavy (non-hydrogen) atoms. The van der Waals surface area contributed by atoms with E-state index in [4.69, 9.17) is 4.74 Å². The predicted octanol–water partition coefficient (Wildman–Crippen LogP) is 7.01. The van der Waals surface area contributed by atoms with Crippen molar-refractivity contribution in [3.8, 4) is 5.75 Å². The number of ether oxygens (including phenoxy) is 1. The van der Waals surface area contributed by atoms with Gasteiger partial charge in [-0.2, -0.15) is 0 Å². The van der Waals surface area contributed by atoms with Crippen molar-refractivity contribution in [1.29, 1.82) is 0 Å². The molecule has 2 aromatic carbocycles. The van der Waals surface area contributed by atoms with Crippen LogP contribution in [0.15, 0.2) is 42.5 Å². The average Bonchev–Trinajstić information content (AvgIpc) is 2.81. The van der Waals surface area contributed by atoms with Crippen LogP contribution in [-0.2, 0) is 18.4 Å². The summed E-state index contributed by atoms with van der Waals surface area (Å²) in [7, 11) is 1.76. The molecule has 3 atom stereocenters. The second kappa shape index (κ2) is 10.7. The number of likely N-dealkylation sites (tertiary alicyclic amines) is 1. The Morgan fingerprint density at radius 1 is 1.00 bits per heavy atom. The maximum absolute atomic E-state index is 5.55. The topological polar surface area (TPSA) is 24.5 Å². The minimum atomic E-state index is 0. The van der Waals surface area contributed by atoms with Gasteiger partial charge in [0.05, 0.1) is 7.11 Å². The first-order valence-electron chi connectivity index (χ1n) is 13.0. The number of methoxy groups -OCH3 is 1. The number of rotatable bonds is 6. The summed E-state index contributed by atoms with van der Waals surface area (Å²) < 4.78 is 5.55. The van der Waals surface area contributed by atoms with Crippen molar-refractivity contribution in [3.63, 3.8) is 0 Å². The molecule has 1 aliphatic heterocycles. The fourth-order valence-electron chi connectivity index (χ4n) is 7.47. The van der Waals surface area contributed by atoms with Crippen LogP contribution in [0.25, 0.3) is 0 Å². The number of nitrogens with one attached hydrogen (secondary N) is 1. The van der Waals surface area contributed by atoms with Crippen LogP contribution in [0.4, 0.5) is 5.69 Å². The van der Waals surface area contributed by atoms with E-state index < -0.39 is 0 Å². The van der Waals surface area contributed by atoms with Crippen LogP contribution in [0.5, 0.6) is 5.75 Å². The summed E-state index contributed by atoms with van der Waals surface area (Å²) in [5.74, 6) is 2.81. The lowest BCUT2D eigenvalue weighted by Gasteiger charge is -2.59. The maximum Gasteiger partial charge on any atom is 0.123 e. The van der Waals surface area contributed by atoms with Gasteiger partial charge in [0.1, 0.15) is 5.75 Å². The fraction of sp³-hybridized carbons (Fsp3) is 0.586. The predicted molar refractivity (Wildman–Crippen MR) is 146 cm³/mol. The average molecular weight is 504 g/mol. The van der Waals surface area contributed by atoms with Crippen molar-refractivity contribution in [3.05, 3.63) is 59.2 Å². The van der Waals surface area contributed by atoms with Crippen molar-refractivity contribution in [2.24, 2.45) is 11.8 Å². The molecule has 0 amide bonds. The number of hydrogen-bond donors (Lipinski definition) is 1. The molecule has 4 aliphatic rings. The van der Waals surface area contributed by atoms with E-state index in [1.165, 1.54) is 82.1 Å². The van der Waals surface area contributed by atoms with Crippen LogP contribution < -0.4 is 10.1 Å². The van der Waals surface area contributed by atoms with Gasteiger partial charge in [-0.3, -0.25) is 4.90 Å². The molecule has 1 heterocycles. The summed E-state index contributed by atoms with van der Waals surface area (Å²) in [6, 6.07) is 16.4. The highest BCUT2D eigenvalue weighted by Gasteiger charge is 2.53. The molecular formula is C29H40Cl2N2O. The zero-order valence-electron chi connectivity index (χ0n) is 20.4. The molecule has 1 N–H and O–H groups in total. The highest BCUT2D eigenvalue weighted by Crippen LogP contribution is 2.56. The normalized spacial score (nSPS) is 27.8. The minimum Gasteiger partial charge on any atom is -0.496 e. The molecular weight excluding hydrogens is 463 g/mol. The van der Waals surface area contributed by atoms with Crippen LogP contribution in [0.3, 0.4) is 0 Å². The number of hydrogen-bond acceptors (Lipinski definition) is 3. The summed E-state index contributed by atoms with van der Waals surface area (Å²) in [6.07, 6.45) is 12.7. The SMILES string of the molecule is COc1ccccc1CNc1ccc2c(c1)[C@@]13CCCC[C@H]1[C@@H](C2)N(CC1CCC1)CC3.Cl.Cl. The molecule has 0 unspecified atom stereocenters. The third-order valence-corrected chi connectivity index (χ3v) is 9.34. The van der Waals surface area contributed by atoms with Gasteiger partial charge >= 0.3 is 0 Å². The van der Waals surface area contributed by atoms with Gasteiger partial charge in [-0.1, -0.05) is 43.5 Å². The zero-order valence-corrected chi connectivity index (χ0v) is 22.1. The van der Waals surface area contributed by atoms with Gasteiger partial charge in [0.25, 0.3) is 0 Å². The summed E-state index contributed by atoms with van der Waals surface area (Å²) in [6.45, 7) is 3.48. The van der Waals surface area contributed by atoms with E-state index in [1.807, 2.05) is 12.1 Å². The molecule has 0 spiro atoms. The standard InChI is InChI=1S/C29H38N2O.2ClH/c1-32-28-11-3-2-9-23(28)19-30-24-13-12-22-17-27-25-10-4-5-14-29(25,26(22)18-24)15-16-31(27)20-21-7-6-8-21;;/h2-3,9,11-13,18,21,25,27,30H,4-8,10,14-17,19-20H2,1H3;2*1H/t25-,27+,29+;;/m0../s1. The van der Waals surface area contributed by atoms with Gasteiger partial charge < -0.3 is 10.1 Å². The summed E-state index contributed by atoms with van der Waals surface area (Å²) in [4.78, 5) is 2.93. The monoisotopic (exact) mass is 502 g/mol. The van der Waals surface area contributed by atoms with E-state index in [9.17, 15) is 0 Å². The van der Waals surface area contributed by atoms with Gasteiger partial charge in [0, 0.05) is 35.8 Å². The maximum atomic E-state index is 5.55. The third kappa shape index (κ3) is 4.45.